The molecule has 0 spiro atoms. The number of nitrogens with two attached hydrogens (primary N) is 1. The van der Waals surface area contributed by atoms with Crippen LogP contribution >= 0.6 is 11.6 Å². The zero-order valence-electron chi connectivity index (χ0n) is 23.0. The molecule has 3 N–H and O–H groups in total. The number of benzene rings is 1. The molecule has 1 aromatic carbocycles. The molecule has 2 amide bonds. The summed E-state index contributed by atoms with van der Waals surface area (Å²) < 4.78 is 46.8. The summed E-state index contributed by atoms with van der Waals surface area (Å²) in [5.74, 6) is -0.492. The second kappa shape index (κ2) is 11.6. The Morgan fingerprint density at radius 1 is 1.21 bits per heavy atom. The minimum absolute atomic E-state index is 0.0881. The molecule has 0 unspecified atom stereocenters. The van der Waals surface area contributed by atoms with Crippen molar-refractivity contribution in [2.24, 2.45) is 0 Å². The summed E-state index contributed by atoms with van der Waals surface area (Å²) in [6.45, 7) is 3.90. The number of carboxylic acid groups (broad SMARTS) is 1. The van der Waals surface area contributed by atoms with Crippen LogP contribution < -0.4 is 20.9 Å². The van der Waals surface area contributed by atoms with E-state index in [9.17, 15) is 27.9 Å². The summed E-state index contributed by atoms with van der Waals surface area (Å²) in [6.07, 6.45) is -2.34. The van der Waals surface area contributed by atoms with E-state index in [0.29, 0.717) is 35.4 Å². The van der Waals surface area contributed by atoms with Gasteiger partial charge in [0.25, 0.3) is 5.91 Å². The third-order valence-corrected chi connectivity index (χ3v) is 7.55. The molecule has 3 aromatic heterocycles. The average Bonchev–Trinajstić information content (AvgIpc) is 3.37. The Hall–Kier alpha value is -4.59. The van der Waals surface area contributed by atoms with Gasteiger partial charge in [0.1, 0.15) is 45.7 Å². The quantitative estimate of drug-likeness (QED) is 0.319. The van der Waals surface area contributed by atoms with Crippen molar-refractivity contribution in [1.82, 2.24) is 24.3 Å². The van der Waals surface area contributed by atoms with E-state index in [2.05, 4.69) is 15.3 Å². The highest BCUT2D eigenvalue weighted by atomic mass is 35.5. The SMILES string of the molecule is CCOc1cc(C(=O)Nc2cc(C(F)(F)F)ccn2)ccc1-c1nc([C@@H]2CC[C@H](C)N(C(=O)[O-])C2)n2c(Cl)cnc(N)c12. The van der Waals surface area contributed by atoms with Crippen molar-refractivity contribution in [3.05, 3.63) is 64.8 Å². The minimum Gasteiger partial charge on any atom is -0.530 e. The first-order valence-corrected chi connectivity index (χ1v) is 13.7. The van der Waals surface area contributed by atoms with Crippen LogP contribution in [0.5, 0.6) is 5.75 Å². The van der Waals surface area contributed by atoms with Gasteiger partial charge in [0.2, 0.25) is 0 Å². The van der Waals surface area contributed by atoms with Crippen molar-refractivity contribution < 1.29 is 32.6 Å². The summed E-state index contributed by atoms with van der Waals surface area (Å²) in [4.78, 5) is 38.9. The summed E-state index contributed by atoms with van der Waals surface area (Å²) in [5, 5.41) is 14.3. The lowest BCUT2D eigenvalue weighted by Gasteiger charge is -2.39. The van der Waals surface area contributed by atoms with Gasteiger partial charge in [0, 0.05) is 35.8 Å². The van der Waals surface area contributed by atoms with E-state index in [1.54, 1.807) is 17.4 Å². The van der Waals surface area contributed by atoms with Crippen LogP contribution in [0.3, 0.4) is 0 Å². The molecular weight excluding hydrogens is 591 g/mol. The second-order valence-electron chi connectivity index (χ2n) is 10.0. The number of carbonyl (C=O) groups is 2. The van der Waals surface area contributed by atoms with Crippen molar-refractivity contribution in [2.75, 3.05) is 24.2 Å². The Balaban J connectivity index is 1.56. The van der Waals surface area contributed by atoms with Crippen molar-refractivity contribution in [3.63, 3.8) is 0 Å². The van der Waals surface area contributed by atoms with Crippen LogP contribution in [-0.2, 0) is 6.18 Å². The number of rotatable bonds is 6. The largest absolute Gasteiger partial charge is 0.530 e. The molecule has 15 heteroatoms. The van der Waals surface area contributed by atoms with Crippen molar-refractivity contribution in [3.8, 4) is 17.0 Å². The van der Waals surface area contributed by atoms with E-state index < -0.39 is 23.7 Å². The first-order chi connectivity index (χ1) is 20.4. The van der Waals surface area contributed by atoms with Crippen LogP contribution in [0.25, 0.3) is 16.8 Å². The number of amides is 2. The first kappa shape index (κ1) is 29.9. The van der Waals surface area contributed by atoms with E-state index >= 15 is 0 Å². The number of piperidine rings is 1. The van der Waals surface area contributed by atoms with Crippen LogP contribution in [-0.4, -0.2) is 55.4 Å². The van der Waals surface area contributed by atoms with Gasteiger partial charge in [-0.05, 0) is 57.0 Å². The number of halogens is 4. The predicted molar refractivity (Wildman–Crippen MR) is 150 cm³/mol. The van der Waals surface area contributed by atoms with Gasteiger partial charge < -0.3 is 30.6 Å². The number of nitrogen functional groups attached to an aromatic ring is 1. The van der Waals surface area contributed by atoms with E-state index in [4.69, 9.17) is 27.1 Å². The molecule has 0 bridgehead atoms. The molecule has 4 heterocycles. The maximum absolute atomic E-state index is 13.1. The number of aromatic nitrogens is 4. The number of pyridine rings is 1. The maximum atomic E-state index is 13.1. The van der Waals surface area contributed by atoms with Crippen molar-refractivity contribution >= 4 is 40.8 Å². The monoisotopic (exact) mass is 616 g/mol. The Labute approximate surface area is 248 Å². The molecule has 5 rings (SSSR count). The summed E-state index contributed by atoms with van der Waals surface area (Å²) in [5.41, 5.74) is 6.58. The topological polar surface area (TPSA) is 151 Å². The first-order valence-electron chi connectivity index (χ1n) is 13.3. The lowest BCUT2D eigenvalue weighted by molar-refractivity contribution is -0.269. The molecule has 1 saturated heterocycles. The highest BCUT2D eigenvalue weighted by Crippen LogP contribution is 2.40. The van der Waals surface area contributed by atoms with Gasteiger partial charge in [0.05, 0.1) is 18.4 Å². The van der Waals surface area contributed by atoms with Gasteiger partial charge in [0.15, 0.2) is 0 Å². The number of nitrogens with zero attached hydrogens (tertiary/aromatic N) is 5. The summed E-state index contributed by atoms with van der Waals surface area (Å²) in [6, 6.07) is 5.78. The lowest BCUT2D eigenvalue weighted by atomic mass is 9.93. The number of nitrogens with one attached hydrogen (secondary N) is 1. The third kappa shape index (κ3) is 5.87. The van der Waals surface area contributed by atoms with Crippen LogP contribution in [0.2, 0.25) is 5.15 Å². The number of hydrogen-bond donors (Lipinski definition) is 2. The Bertz CT molecular complexity index is 1710. The molecule has 0 radical (unpaired) electrons. The van der Waals surface area contributed by atoms with E-state index in [1.165, 1.54) is 23.2 Å². The normalized spacial score (nSPS) is 17.2. The molecule has 1 aliphatic rings. The second-order valence-corrected chi connectivity index (χ2v) is 10.4. The third-order valence-electron chi connectivity index (χ3n) is 7.28. The fourth-order valence-corrected chi connectivity index (χ4v) is 5.38. The fraction of sp³-hybridized carbons (Fsp3) is 0.321. The Kier molecular flexibility index (Phi) is 8.06. The number of hydrogen-bond acceptors (Lipinski definition) is 8. The van der Waals surface area contributed by atoms with Crippen LogP contribution in [0, 0.1) is 0 Å². The number of alkyl halides is 3. The molecule has 2 atom stereocenters. The lowest BCUT2D eigenvalue weighted by Crippen LogP contribution is -2.50. The smallest absolute Gasteiger partial charge is 0.416 e. The van der Waals surface area contributed by atoms with Crippen molar-refractivity contribution in [2.45, 2.75) is 44.8 Å². The zero-order valence-corrected chi connectivity index (χ0v) is 23.7. The molecule has 4 aromatic rings. The summed E-state index contributed by atoms with van der Waals surface area (Å²) >= 11 is 6.57. The number of fused-ring (bicyclic) bond motifs is 1. The molecule has 226 valence electrons. The highest BCUT2D eigenvalue weighted by Gasteiger charge is 2.33. The van der Waals surface area contributed by atoms with Gasteiger partial charge in [-0.1, -0.05) is 11.6 Å². The highest BCUT2D eigenvalue weighted by molar-refractivity contribution is 6.30. The Morgan fingerprint density at radius 3 is 2.67 bits per heavy atom. The number of anilines is 2. The van der Waals surface area contributed by atoms with E-state index in [-0.39, 0.29) is 53.2 Å². The molecule has 1 aliphatic heterocycles. The van der Waals surface area contributed by atoms with Crippen LogP contribution in [0.15, 0.2) is 42.7 Å². The van der Waals surface area contributed by atoms with E-state index in [0.717, 1.165) is 18.3 Å². The maximum Gasteiger partial charge on any atom is 0.416 e. The van der Waals surface area contributed by atoms with Gasteiger partial charge in [-0.2, -0.15) is 13.2 Å². The summed E-state index contributed by atoms with van der Waals surface area (Å²) in [7, 11) is 0. The molecule has 43 heavy (non-hydrogen) atoms. The number of carbonyl (C=O) groups excluding carboxylic acids is 2. The number of likely N-dealkylation sites (tertiary alicyclic amines) is 1. The zero-order chi connectivity index (χ0) is 31.1. The van der Waals surface area contributed by atoms with Crippen LogP contribution in [0.1, 0.15) is 54.4 Å². The minimum atomic E-state index is -4.60. The molecule has 0 aliphatic carbocycles. The molecule has 1 fully saturated rings. The van der Waals surface area contributed by atoms with Gasteiger partial charge in [-0.15, -0.1) is 0 Å². The van der Waals surface area contributed by atoms with Crippen molar-refractivity contribution in [1.29, 1.82) is 0 Å². The van der Waals surface area contributed by atoms with Gasteiger partial charge in [-0.25, -0.2) is 15.0 Å². The van der Waals surface area contributed by atoms with Gasteiger partial charge in [-0.3, -0.25) is 9.20 Å². The van der Waals surface area contributed by atoms with E-state index in [1.807, 2.05) is 6.92 Å². The number of imidazole rings is 1. The predicted octanol–water partition coefficient (Wildman–Crippen LogP) is 4.61. The number of ether oxygens (including phenoxy) is 1. The molecule has 11 nitrogen and oxygen atoms in total. The van der Waals surface area contributed by atoms with Gasteiger partial charge >= 0.3 is 6.18 Å². The molecule has 0 saturated carbocycles. The fourth-order valence-electron chi connectivity index (χ4n) is 5.16. The standard InChI is InChI=1S/C28H27ClF3N7O4/c1-3-43-19-10-15(26(40)36-21-11-17(8-9-34-21)28(30,31)32)6-7-18(19)22-23-24(33)35-12-20(29)39(23)25(37-22)16-5-4-14(2)38(13-16)27(41)42/h6-12,14,16H,3-5,13H2,1-2H3,(H2,33,35)(H,41,42)(H,34,36,40)/p-1/t14-,16+/m0/s1. The average molecular weight is 617 g/mol. The Morgan fingerprint density at radius 2 is 1.98 bits per heavy atom. The molecular formula is C28H26ClF3N7O4-. The van der Waals surface area contributed by atoms with Crippen LogP contribution in [0.4, 0.5) is 29.6 Å².